The summed E-state index contributed by atoms with van der Waals surface area (Å²) < 4.78 is 2.19. The highest BCUT2D eigenvalue weighted by molar-refractivity contribution is 8.27. The second-order valence-electron chi connectivity index (χ2n) is 9.03. The monoisotopic (exact) mass is 475 g/mol. The molecule has 2 aliphatic heterocycles. The van der Waals surface area contributed by atoms with E-state index in [0.29, 0.717) is 17.0 Å². The molecule has 0 fully saturated rings. The summed E-state index contributed by atoms with van der Waals surface area (Å²) in [6.45, 7) is 12.8. The van der Waals surface area contributed by atoms with Gasteiger partial charge in [-0.1, -0.05) is 39.8 Å². The van der Waals surface area contributed by atoms with Gasteiger partial charge in [-0.25, -0.2) is 0 Å². The molecule has 1 aromatic carbocycles. The Morgan fingerprint density at radius 3 is 2.38 bits per heavy atom. The van der Waals surface area contributed by atoms with E-state index >= 15 is 0 Å². The van der Waals surface area contributed by atoms with Gasteiger partial charge < -0.3 is 4.57 Å². The molecule has 0 unspecified atom stereocenters. The third kappa shape index (κ3) is 4.29. The van der Waals surface area contributed by atoms with E-state index in [0.717, 1.165) is 46.9 Å². The zero-order valence-corrected chi connectivity index (χ0v) is 21.7. The molecule has 0 bridgehead atoms. The number of rotatable bonds is 7. The van der Waals surface area contributed by atoms with Gasteiger partial charge in [0.25, 0.3) is 5.91 Å². The third-order valence-electron chi connectivity index (χ3n) is 6.91. The normalized spacial score (nSPS) is 18.0. The molecule has 1 atom stereocenters. The van der Waals surface area contributed by atoms with Crippen LogP contribution in [0.4, 0.5) is 0 Å². The second-order valence-corrected chi connectivity index (χ2v) is 10.0. The summed E-state index contributed by atoms with van der Waals surface area (Å²) >= 11 is 1.41. The number of thioether (sulfide) groups is 1. The van der Waals surface area contributed by atoms with Crippen molar-refractivity contribution in [2.75, 3.05) is 0 Å². The number of amidine groups is 2. The molecule has 0 aliphatic carbocycles. The van der Waals surface area contributed by atoms with Crippen LogP contribution in [0, 0.1) is 25.2 Å². The van der Waals surface area contributed by atoms with Crippen molar-refractivity contribution in [1.82, 2.24) is 9.58 Å². The lowest BCUT2D eigenvalue weighted by atomic mass is 9.98. The van der Waals surface area contributed by atoms with Gasteiger partial charge in [-0.05, 0) is 86.2 Å². The standard InChI is InChI=1S/C27H33N5OS/c1-7-16(4)20-10-12-22(13-11-20)31-17(5)14-21(18(31)6)15-23-24(28)32-27(29-25(23)33)34-26(30-32)19(8-2)9-3/h10-16,19,28H,7-9H2,1-6H3/b23-15+,28-24?/t16-/m1/s1. The van der Waals surface area contributed by atoms with Crippen LogP contribution in [0.15, 0.2) is 46.0 Å². The van der Waals surface area contributed by atoms with E-state index in [1.165, 1.54) is 22.3 Å². The van der Waals surface area contributed by atoms with Crippen molar-refractivity contribution in [1.29, 1.82) is 5.41 Å². The molecule has 4 rings (SSSR count). The highest BCUT2D eigenvalue weighted by atomic mass is 32.2. The fraction of sp³-hybridized carbons (Fsp3) is 0.407. The largest absolute Gasteiger partial charge is 0.318 e. The fourth-order valence-electron chi connectivity index (χ4n) is 4.48. The molecule has 0 saturated carbocycles. The van der Waals surface area contributed by atoms with Crippen LogP contribution in [0.2, 0.25) is 0 Å². The summed E-state index contributed by atoms with van der Waals surface area (Å²) in [7, 11) is 0. The molecule has 1 aromatic heterocycles. The number of hydrazone groups is 1. The van der Waals surface area contributed by atoms with Gasteiger partial charge in [0, 0.05) is 23.0 Å². The number of benzene rings is 1. The van der Waals surface area contributed by atoms with E-state index in [4.69, 9.17) is 5.41 Å². The molecule has 3 heterocycles. The molecule has 0 saturated heterocycles. The van der Waals surface area contributed by atoms with Crippen molar-refractivity contribution >= 4 is 39.8 Å². The number of nitrogens with one attached hydrogen (secondary N) is 1. The van der Waals surface area contributed by atoms with Crippen molar-refractivity contribution in [2.45, 2.75) is 66.7 Å². The molecular weight excluding hydrogens is 442 g/mol. The van der Waals surface area contributed by atoms with E-state index in [1.54, 1.807) is 6.08 Å². The fourth-order valence-corrected chi connectivity index (χ4v) is 5.64. The first-order chi connectivity index (χ1) is 16.3. The van der Waals surface area contributed by atoms with Crippen LogP contribution in [0.3, 0.4) is 0 Å². The summed E-state index contributed by atoms with van der Waals surface area (Å²) in [5.41, 5.74) is 5.70. The van der Waals surface area contributed by atoms with Crippen molar-refractivity contribution in [2.24, 2.45) is 16.0 Å². The molecule has 2 aliphatic rings. The zero-order valence-electron chi connectivity index (χ0n) is 20.8. The van der Waals surface area contributed by atoms with Gasteiger partial charge in [0.2, 0.25) is 5.17 Å². The first kappa shape index (κ1) is 24.2. The van der Waals surface area contributed by atoms with Crippen LogP contribution in [-0.4, -0.2) is 31.5 Å². The van der Waals surface area contributed by atoms with Crippen LogP contribution in [0.25, 0.3) is 11.8 Å². The topological polar surface area (TPSA) is 73.8 Å². The number of hydrogen-bond acceptors (Lipinski definition) is 4. The lowest BCUT2D eigenvalue weighted by Gasteiger charge is -2.20. The van der Waals surface area contributed by atoms with Gasteiger partial charge in [-0.15, -0.1) is 0 Å². The van der Waals surface area contributed by atoms with Crippen molar-refractivity contribution < 1.29 is 4.79 Å². The Hall–Kier alpha value is -2.93. The number of carbonyl (C=O) groups excluding carboxylic acids is 1. The molecule has 34 heavy (non-hydrogen) atoms. The molecule has 1 N–H and O–H groups in total. The highest BCUT2D eigenvalue weighted by Crippen LogP contribution is 2.33. The Balaban J connectivity index is 1.67. The quantitative estimate of drug-likeness (QED) is 0.455. The van der Waals surface area contributed by atoms with Gasteiger partial charge in [-0.3, -0.25) is 10.2 Å². The van der Waals surface area contributed by atoms with Gasteiger partial charge in [0.1, 0.15) is 5.04 Å². The third-order valence-corrected chi connectivity index (χ3v) is 7.98. The maximum Gasteiger partial charge on any atom is 0.283 e. The summed E-state index contributed by atoms with van der Waals surface area (Å²) in [6, 6.07) is 10.7. The molecular formula is C27H33N5OS. The molecule has 0 radical (unpaired) electrons. The maximum absolute atomic E-state index is 12.9. The molecule has 7 heteroatoms. The van der Waals surface area contributed by atoms with E-state index in [-0.39, 0.29) is 17.3 Å². The molecule has 178 valence electrons. The Morgan fingerprint density at radius 1 is 1.09 bits per heavy atom. The molecule has 2 aromatic rings. The van der Waals surface area contributed by atoms with Crippen molar-refractivity contribution in [3.63, 3.8) is 0 Å². The van der Waals surface area contributed by atoms with E-state index in [2.05, 4.69) is 79.6 Å². The minimum Gasteiger partial charge on any atom is -0.318 e. The smallest absolute Gasteiger partial charge is 0.283 e. The number of aromatic nitrogens is 1. The van der Waals surface area contributed by atoms with E-state index < -0.39 is 0 Å². The van der Waals surface area contributed by atoms with Gasteiger partial charge >= 0.3 is 0 Å². The number of amides is 1. The number of nitrogens with zero attached hydrogens (tertiary/aromatic N) is 4. The predicted molar refractivity (Wildman–Crippen MR) is 143 cm³/mol. The molecule has 6 nitrogen and oxygen atoms in total. The minimum atomic E-state index is -0.382. The minimum absolute atomic E-state index is 0.0890. The SMILES string of the molecule is CCC(CC)C1=NN2C(=N)/C(=C\c3cc(C)n(-c4ccc([C@H](C)CC)cc4)c3C)C(=O)N=C2S1. The summed E-state index contributed by atoms with van der Waals surface area (Å²) in [5.74, 6) is 0.560. The van der Waals surface area contributed by atoms with E-state index in [9.17, 15) is 4.79 Å². The number of fused-ring (bicyclic) bond motifs is 1. The first-order valence-corrected chi connectivity index (χ1v) is 12.9. The van der Waals surface area contributed by atoms with Crippen LogP contribution in [-0.2, 0) is 4.79 Å². The van der Waals surface area contributed by atoms with Gasteiger partial charge in [-0.2, -0.15) is 15.1 Å². The Labute approximate surface area is 206 Å². The van der Waals surface area contributed by atoms with Gasteiger partial charge in [0.15, 0.2) is 5.84 Å². The maximum atomic E-state index is 12.9. The number of aliphatic imine (C=N–C) groups is 1. The second kappa shape index (κ2) is 9.74. The van der Waals surface area contributed by atoms with Crippen molar-refractivity contribution in [3.05, 3.63) is 58.4 Å². The number of hydrogen-bond donors (Lipinski definition) is 1. The summed E-state index contributed by atoms with van der Waals surface area (Å²) in [6.07, 6.45) is 4.84. The van der Waals surface area contributed by atoms with Crippen LogP contribution >= 0.6 is 11.8 Å². The molecule has 1 amide bonds. The first-order valence-electron chi connectivity index (χ1n) is 12.1. The lowest BCUT2D eigenvalue weighted by molar-refractivity contribution is -0.114. The highest BCUT2D eigenvalue weighted by Gasteiger charge is 2.37. The number of carbonyl (C=O) groups is 1. The van der Waals surface area contributed by atoms with Crippen molar-refractivity contribution in [3.8, 4) is 5.69 Å². The van der Waals surface area contributed by atoms with Gasteiger partial charge in [0.05, 0.1) is 5.57 Å². The average Bonchev–Trinajstić information content (AvgIpc) is 3.37. The Morgan fingerprint density at radius 2 is 1.76 bits per heavy atom. The van der Waals surface area contributed by atoms with Crippen LogP contribution in [0.1, 0.15) is 75.4 Å². The van der Waals surface area contributed by atoms with Crippen LogP contribution < -0.4 is 0 Å². The summed E-state index contributed by atoms with van der Waals surface area (Å²) in [4.78, 5) is 17.1. The summed E-state index contributed by atoms with van der Waals surface area (Å²) in [5, 5.41) is 16.3. The van der Waals surface area contributed by atoms with E-state index in [1.807, 2.05) is 6.92 Å². The Kier molecular flexibility index (Phi) is 6.94. The predicted octanol–water partition coefficient (Wildman–Crippen LogP) is 6.66. The van der Waals surface area contributed by atoms with Crippen LogP contribution in [0.5, 0.6) is 0 Å². The molecule has 0 spiro atoms. The zero-order chi connectivity index (χ0) is 24.6. The lowest BCUT2D eigenvalue weighted by Crippen LogP contribution is -2.35. The average molecular weight is 476 g/mol. The Bertz CT molecular complexity index is 1210. The number of aryl methyl sites for hydroxylation is 1.